The van der Waals surface area contributed by atoms with Gasteiger partial charge in [-0.25, -0.2) is 0 Å². The first-order chi connectivity index (χ1) is 7.24. The molecule has 1 N–H and O–H groups in total. The predicted octanol–water partition coefficient (Wildman–Crippen LogP) is 0.528. The third-order valence-electron chi connectivity index (χ3n) is 2.59. The fourth-order valence-electron chi connectivity index (χ4n) is 1.85. The van der Waals surface area contributed by atoms with Crippen molar-refractivity contribution in [1.82, 2.24) is 4.90 Å². The number of rotatable bonds is 2. The fourth-order valence-corrected chi connectivity index (χ4v) is 1.85. The first-order valence-electron chi connectivity index (χ1n) is 4.94. The maximum Gasteiger partial charge on any atom is 0.257 e. The van der Waals surface area contributed by atoms with Crippen molar-refractivity contribution >= 4 is 11.6 Å². The van der Waals surface area contributed by atoms with E-state index >= 15 is 0 Å². The van der Waals surface area contributed by atoms with Crippen molar-refractivity contribution < 1.29 is 9.90 Å². The highest BCUT2D eigenvalue weighted by Crippen LogP contribution is 2.25. The number of nitrogens with zero attached hydrogens (tertiary/aromatic N) is 2. The smallest absolute Gasteiger partial charge is 0.257 e. The fraction of sp³-hybridized carbons (Fsp3) is 0.364. The van der Waals surface area contributed by atoms with Gasteiger partial charge in [0, 0.05) is 13.6 Å². The molecule has 80 valence electrons. The van der Waals surface area contributed by atoms with Crippen molar-refractivity contribution in [3.8, 4) is 0 Å². The van der Waals surface area contributed by atoms with E-state index in [1.54, 1.807) is 4.90 Å². The van der Waals surface area contributed by atoms with Crippen LogP contribution in [0.25, 0.3) is 0 Å². The number of carbonyl (C=O) groups excluding carboxylic acids is 1. The summed E-state index contributed by atoms with van der Waals surface area (Å²) in [7, 11) is 1.94. The molecule has 1 aliphatic rings. The lowest BCUT2D eigenvalue weighted by atomic mass is 10.1. The van der Waals surface area contributed by atoms with Crippen LogP contribution >= 0.6 is 0 Å². The van der Waals surface area contributed by atoms with Crippen molar-refractivity contribution in [2.75, 3.05) is 31.8 Å². The molecule has 0 unspecified atom stereocenters. The van der Waals surface area contributed by atoms with Crippen molar-refractivity contribution in [2.45, 2.75) is 0 Å². The zero-order valence-electron chi connectivity index (χ0n) is 8.68. The minimum absolute atomic E-state index is 0.00173. The van der Waals surface area contributed by atoms with Crippen LogP contribution in [0.3, 0.4) is 0 Å². The summed E-state index contributed by atoms with van der Waals surface area (Å²) in [6.45, 7) is 0.926. The quantitative estimate of drug-likeness (QED) is 0.767. The highest BCUT2D eigenvalue weighted by molar-refractivity contribution is 6.01. The van der Waals surface area contributed by atoms with Crippen molar-refractivity contribution in [3.63, 3.8) is 0 Å². The second-order valence-corrected chi connectivity index (χ2v) is 3.65. The molecule has 0 saturated heterocycles. The molecule has 1 aliphatic heterocycles. The molecule has 0 aromatic heterocycles. The van der Waals surface area contributed by atoms with Crippen LogP contribution in [0.5, 0.6) is 0 Å². The lowest BCUT2D eigenvalue weighted by molar-refractivity contribution is 0.0710. The maximum atomic E-state index is 11.9. The van der Waals surface area contributed by atoms with E-state index < -0.39 is 0 Å². The van der Waals surface area contributed by atoms with Gasteiger partial charge >= 0.3 is 0 Å². The number of β-amino-alcohol motifs (C(OH)–C–C–N with tert-alkyl or cyclic N) is 1. The zero-order chi connectivity index (χ0) is 10.8. The molecule has 4 heteroatoms. The number of amides is 1. The van der Waals surface area contributed by atoms with Crippen molar-refractivity contribution in [1.29, 1.82) is 0 Å². The number of aliphatic hydroxyl groups is 1. The maximum absolute atomic E-state index is 11.9. The van der Waals surface area contributed by atoms with Gasteiger partial charge in [0.2, 0.25) is 0 Å². The van der Waals surface area contributed by atoms with Gasteiger partial charge in [-0.05, 0) is 12.1 Å². The number of hydrogen-bond donors (Lipinski definition) is 1. The standard InChI is InChI=1S/C11H14N2O2/c1-12-8-13(6-7-14)11(15)9-4-2-3-5-10(9)12/h2-5,14H,6-8H2,1H3. The Morgan fingerprint density at radius 1 is 1.40 bits per heavy atom. The third kappa shape index (κ3) is 1.68. The van der Waals surface area contributed by atoms with Gasteiger partial charge in [-0.15, -0.1) is 0 Å². The molecule has 15 heavy (non-hydrogen) atoms. The SMILES string of the molecule is CN1CN(CCO)C(=O)c2ccccc21. The molecule has 0 radical (unpaired) electrons. The second-order valence-electron chi connectivity index (χ2n) is 3.65. The van der Waals surface area contributed by atoms with Crippen LogP contribution in [0.15, 0.2) is 24.3 Å². The number of aliphatic hydroxyl groups excluding tert-OH is 1. The summed E-state index contributed by atoms with van der Waals surface area (Å²) in [4.78, 5) is 15.6. The number of fused-ring (bicyclic) bond motifs is 1. The summed E-state index contributed by atoms with van der Waals surface area (Å²) in [5.41, 5.74) is 1.66. The van der Waals surface area contributed by atoms with Crippen molar-refractivity contribution in [2.24, 2.45) is 0 Å². The summed E-state index contributed by atoms with van der Waals surface area (Å²) < 4.78 is 0. The topological polar surface area (TPSA) is 43.8 Å². The Hall–Kier alpha value is -1.55. The monoisotopic (exact) mass is 206 g/mol. The minimum atomic E-state index is -0.00208. The normalized spacial score (nSPS) is 15.5. The van der Waals surface area contributed by atoms with Gasteiger partial charge in [0.1, 0.15) is 0 Å². The van der Waals surface area contributed by atoms with E-state index in [1.165, 1.54) is 0 Å². The van der Waals surface area contributed by atoms with Gasteiger partial charge in [-0.2, -0.15) is 0 Å². The molecule has 0 saturated carbocycles. The number of hydrogen-bond acceptors (Lipinski definition) is 3. The van der Waals surface area contributed by atoms with E-state index in [1.807, 2.05) is 36.2 Å². The Morgan fingerprint density at radius 2 is 2.13 bits per heavy atom. The summed E-state index contributed by atoms with van der Waals surface area (Å²) in [6.07, 6.45) is 0. The predicted molar refractivity (Wildman–Crippen MR) is 57.8 cm³/mol. The first-order valence-corrected chi connectivity index (χ1v) is 4.94. The van der Waals surface area contributed by atoms with Crippen molar-refractivity contribution in [3.05, 3.63) is 29.8 Å². The third-order valence-corrected chi connectivity index (χ3v) is 2.59. The molecule has 0 fully saturated rings. The lowest BCUT2D eigenvalue weighted by Crippen LogP contribution is -2.46. The van der Waals surface area contributed by atoms with Gasteiger partial charge in [-0.1, -0.05) is 12.1 Å². The number of carbonyl (C=O) groups is 1. The van der Waals surface area contributed by atoms with E-state index in [-0.39, 0.29) is 12.5 Å². The Kier molecular flexibility index (Phi) is 2.60. The molecule has 1 amide bonds. The minimum Gasteiger partial charge on any atom is -0.395 e. The highest BCUT2D eigenvalue weighted by atomic mass is 16.3. The van der Waals surface area contributed by atoms with E-state index in [2.05, 4.69) is 0 Å². The molecule has 1 aromatic rings. The number of para-hydroxylation sites is 1. The summed E-state index contributed by atoms with van der Waals surface area (Å²) in [6, 6.07) is 7.53. The molecule has 4 nitrogen and oxygen atoms in total. The van der Waals surface area contributed by atoms with Crippen LogP contribution < -0.4 is 4.90 Å². The molecule has 1 heterocycles. The van der Waals surface area contributed by atoms with Gasteiger partial charge in [-0.3, -0.25) is 4.79 Å². The second kappa shape index (κ2) is 3.90. The molecule has 0 spiro atoms. The first kappa shape index (κ1) is 9.98. The molecule has 0 aliphatic carbocycles. The molecule has 1 aromatic carbocycles. The molecular formula is C11H14N2O2. The molecule has 2 rings (SSSR count). The summed E-state index contributed by atoms with van der Waals surface area (Å²) in [5.74, 6) is -0.00208. The number of anilines is 1. The Labute approximate surface area is 88.7 Å². The van der Waals surface area contributed by atoms with Crippen LogP contribution in [0.4, 0.5) is 5.69 Å². The largest absolute Gasteiger partial charge is 0.395 e. The van der Waals surface area contributed by atoms with E-state index in [0.29, 0.717) is 18.8 Å². The average molecular weight is 206 g/mol. The highest BCUT2D eigenvalue weighted by Gasteiger charge is 2.26. The molecule has 0 bridgehead atoms. The van der Waals surface area contributed by atoms with Crippen LogP contribution in [0.2, 0.25) is 0 Å². The summed E-state index contributed by atoms with van der Waals surface area (Å²) >= 11 is 0. The van der Waals surface area contributed by atoms with Crippen LogP contribution in [0, 0.1) is 0 Å². The van der Waals surface area contributed by atoms with Gasteiger partial charge in [0.25, 0.3) is 5.91 Å². The number of benzene rings is 1. The van der Waals surface area contributed by atoms with Crippen LogP contribution in [-0.2, 0) is 0 Å². The Morgan fingerprint density at radius 3 is 2.87 bits per heavy atom. The zero-order valence-corrected chi connectivity index (χ0v) is 8.68. The Bertz CT molecular complexity index is 379. The molecular weight excluding hydrogens is 192 g/mol. The Balaban J connectivity index is 2.35. The lowest BCUT2D eigenvalue weighted by Gasteiger charge is -2.35. The van der Waals surface area contributed by atoms with Gasteiger partial charge in [0.15, 0.2) is 0 Å². The van der Waals surface area contributed by atoms with E-state index in [4.69, 9.17) is 5.11 Å². The summed E-state index contributed by atoms with van der Waals surface area (Å²) in [5, 5.41) is 8.86. The van der Waals surface area contributed by atoms with Gasteiger partial charge < -0.3 is 14.9 Å². The van der Waals surface area contributed by atoms with Crippen LogP contribution in [0.1, 0.15) is 10.4 Å². The molecule has 0 atom stereocenters. The average Bonchev–Trinajstić information content (AvgIpc) is 2.26. The van der Waals surface area contributed by atoms with E-state index in [0.717, 1.165) is 5.69 Å². The van der Waals surface area contributed by atoms with Gasteiger partial charge in [0.05, 0.1) is 24.5 Å². The van der Waals surface area contributed by atoms with Crippen LogP contribution in [-0.4, -0.2) is 42.8 Å². The van der Waals surface area contributed by atoms with E-state index in [9.17, 15) is 4.79 Å².